The van der Waals surface area contributed by atoms with Crippen LogP contribution in [0.2, 0.25) is 0 Å². The molecule has 156 valence electrons. The molecular weight excluding hydrogens is 390 g/mol. The topological polar surface area (TPSA) is 73.4 Å². The van der Waals surface area contributed by atoms with Gasteiger partial charge in [0.2, 0.25) is 0 Å². The number of aromatic nitrogens is 3. The Balaban J connectivity index is 1.78. The molecule has 3 heterocycles. The van der Waals surface area contributed by atoms with Crippen LogP contribution in [0.4, 0.5) is 0 Å². The summed E-state index contributed by atoms with van der Waals surface area (Å²) < 4.78 is 4.13. The average molecular weight is 413 g/mol. The van der Waals surface area contributed by atoms with Crippen LogP contribution in [0.3, 0.4) is 0 Å². The summed E-state index contributed by atoms with van der Waals surface area (Å²) in [5.74, 6) is 0.00939. The molecule has 2 aromatic heterocycles. The zero-order valence-corrected chi connectivity index (χ0v) is 18.0. The largest absolute Gasteiger partial charge is 0.399 e. The quantitative estimate of drug-likeness (QED) is 0.404. The van der Waals surface area contributed by atoms with Gasteiger partial charge in [-0.25, -0.2) is 0 Å². The van der Waals surface area contributed by atoms with Crippen molar-refractivity contribution in [1.82, 2.24) is 19.7 Å². The number of rotatable bonds is 2. The van der Waals surface area contributed by atoms with Crippen molar-refractivity contribution < 1.29 is 9.63 Å². The van der Waals surface area contributed by atoms with E-state index in [1.54, 1.807) is 7.11 Å². The second kappa shape index (κ2) is 6.20. The molecule has 0 atom stereocenters. The van der Waals surface area contributed by atoms with E-state index in [1.807, 2.05) is 18.7 Å². The Morgan fingerprint density at radius 2 is 2.03 bits per heavy atom. The summed E-state index contributed by atoms with van der Waals surface area (Å²) >= 11 is 0. The molecule has 2 aliphatic rings. The third-order valence-electron chi connectivity index (χ3n) is 6.73. The van der Waals surface area contributed by atoms with Crippen LogP contribution in [0.5, 0.6) is 0 Å². The minimum absolute atomic E-state index is 0.00939. The second-order valence-corrected chi connectivity index (χ2v) is 8.43. The Kier molecular flexibility index (Phi) is 3.64. The molecule has 4 aromatic rings. The molecule has 0 fully saturated rings. The molecule has 1 N–H and O–H groups in total. The van der Waals surface area contributed by atoms with E-state index in [0.29, 0.717) is 6.54 Å². The van der Waals surface area contributed by atoms with Crippen LogP contribution in [-0.4, -0.2) is 33.1 Å². The van der Waals surface area contributed by atoms with Crippen molar-refractivity contribution >= 4 is 33.4 Å². The Morgan fingerprint density at radius 3 is 2.84 bits per heavy atom. The van der Waals surface area contributed by atoms with Crippen molar-refractivity contribution in [2.75, 3.05) is 7.11 Å². The second-order valence-electron chi connectivity index (χ2n) is 8.43. The van der Waals surface area contributed by atoms with E-state index >= 15 is 0 Å². The summed E-state index contributed by atoms with van der Waals surface area (Å²) in [5.41, 5.74) is 10.6. The molecule has 7 nitrogen and oxygen atoms in total. The lowest BCUT2D eigenvalue weighted by Crippen LogP contribution is -2.15. The van der Waals surface area contributed by atoms with E-state index in [-0.39, 0.29) is 5.91 Å². The maximum Gasteiger partial charge on any atom is 0.252 e. The van der Waals surface area contributed by atoms with Crippen LogP contribution >= 0.6 is 0 Å². The third kappa shape index (κ3) is 2.31. The number of nitrogens with zero attached hydrogens (tertiary/aromatic N) is 4. The minimum atomic E-state index is 0.00939. The molecule has 0 bridgehead atoms. The predicted molar refractivity (Wildman–Crippen MR) is 120 cm³/mol. The number of hydrogen-bond acceptors (Lipinski definition) is 4. The lowest BCUT2D eigenvalue weighted by atomic mass is 9.82. The van der Waals surface area contributed by atoms with Crippen LogP contribution in [0, 0.1) is 0 Å². The van der Waals surface area contributed by atoms with Gasteiger partial charge in [-0.15, -0.1) is 0 Å². The zero-order chi connectivity index (χ0) is 21.4. The fourth-order valence-corrected chi connectivity index (χ4v) is 5.46. The van der Waals surface area contributed by atoms with Gasteiger partial charge in [-0.05, 0) is 48.6 Å². The molecule has 31 heavy (non-hydrogen) atoms. The summed E-state index contributed by atoms with van der Waals surface area (Å²) in [5, 5.41) is 14.1. The van der Waals surface area contributed by atoms with Crippen LogP contribution in [0.1, 0.15) is 39.7 Å². The molecular formula is C24H23N5O2. The highest BCUT2D eigenvalue weighted by molar-refractivity contribution is 6.20. The molecule has 0 saturated carbocycles. The number of oxime groups is 1. The number of amides is 1. The van der Waals surface area contributed by atoms with Gasteiger partial charge in [0.25, 0.3) is 5.91 Å². The Morgan fingerprint density at radius 1 is 1.19 bits per heavy atom. The molecule has 7 heteroatoms. The number of benzene rings is 2. The summed E-state index contributed by atoms with van der Waals surface area (Å²) in [7, 11) is 5.62. The van der Waals surface area contributed by atoms with Crippen molar-refractivity contribution in [3.63, 3.8) is 0 Å². The SMILES string of the molecule is CO/N=C(\C)c1ccc2c(c1)c1c3c(c4c(c1n2C)CCc1nn(C)cc1-4)C(=O)NC3. The fraction of sp³-hybridized carbons (Fsp3) is 0.292. The highest BCUT2D eigenvalue weighted by Gasteiger charge is 2.34. The van der Waals surface area contributed by atoms with Crippen LogP contribution in [0.15, 0.2) is 29.6 Å². The van der Waals surface area contributed by atoms with Gasteiger partial charge in [0.1, 0.15) is 7.11 Å². The van der Waals surface area contributed by atoms with Gasteiger partial charge in [0.15, 0.2) is 0 Å². The monoisotopic (exact) mass is 413 g/mol. The first kappa shape index (κ1) is 18.2. The summed E-state index contributed by atoms with van der Waals surface area (Å²) in [6.07, 6.45) is 3.80. The number of carbonyl (C=O) groups excluding carboxylic acids is 1. The van der Waals surface area contributed by atoms with Crippen molar-refractivity contribution in [1.29, 1.82) is 0 Å². The van der Waals surface area contributed by atoms with Crippen LogP contribution in [-0.2, 0) is 38.3 Å². The molecule has 2 aromatic carbocycles. The highest BCUT2D eigenvalue weighted by Crippen LogP contribution is 2.46. The van der Waals surface area contributed by atoms with Crippen molar-refractivity contribution in [3.05, 3.63) is 52.3 Å². The molecule has 0 spiro atoms. The normalized spacial score (nSPS) is 15.2. The fourth-order valence-electron chi connectivity index (χ4n) is 5.46. The lowest BCUT2D eigenvalue weighted by Gasteiger charge is -2.20. The first-order chi connectivity index (χ1) is 15.0. The van der Waals surface area contributed by atoms with Gasteiger partial charge in [-0.3, -0.25) is 9.48 Å². The maximum atomic E-state index is 13.0. The number of nitrogens with one attached hydrogen (secondary N) is 1. The number of aryl methyl sites for hydroxylation is 4. The van der Waals surface area contributed by atoms with Crippen LogP contribution in [0.25, 0.3) is 32.9 Å². The van der Waals surface area contributed by atoms with Crippen molar-refractivity contribution in [2.45, 2.75) is 26.3 Å². The molecule has 0 saturated heterocycles. The predicted octanol–water partition coefficient (Wildman–Crippen LogP) is 3.44. The highest BCUT2D eigenvalue weighted by atomic mass is 16.6. The van der Waals surface area contributed by atoms with Gasteiger partial charge in [-0.2, -0.15) is 5.10 Å². The average Bonchev–Trinajstić information content (AvgIpc) is 3.41. The van der Waals surface area contributed by atoms with Gasteiger partial charge in [-0.1, -0.05) is 11.2 Å². The summed E-state index contributed by atoms with van der Waals surface area (Å²) in [6.45, 7) is 2.49. The molecule has 1 amide bonds. The van der Waals surface area contributed by atoms with E-state index in [9.17, 15) is 4.79 Å². The van der Waals surface area contributed by atoms with Crippen LogP contribution < -0.4 is 5.32 Å². The van der Waals surface area contributed by atoms with Gasteiger partial charge >= 0.3 is 0 Å². The first-order valence-corrected chi connectivity index (χ1v) is 10.5. The van der Waals surface area contributed by atoms with Crippen molar-refractivity contribution in [3.8, 4) is 11.1 Å². The molecule has 1 aliphatic carbocycles. The smallest absolute Gasteiger partial charge is 0.252 e. The lowest BCUT2D eigenvalue weighted by molar-refractivity contribution is 0.0966. The number of hydrogen-bond donors (Lipinski definition) is 1. The molecule has 1 aliphatic heterocycles. The molecule has 0 radical (unpaired) electrons. The summed E-state index contributed by atoms with van der Waals surface area (Å²) in [6, 6.07) is 6.39. The maximum absolute atomic E-state index is 13.0. The first-order valence-electron chi connectivity index (χ1n) is 10.5. The van der Waals surface area contributed by atoms with E-state index in [4.69, 9.17) is 4.84 Å². The Labute approximate surface area is 179 Å². The standard InChI is InChI=1S/C24H23N5O2/c1-12(27-31-4)13-5-8-19-15(9-13)21-16-10-25-24(30)22(16)20-14(23(21)29(19)3)6-7-18-17(20)11-28(2)26-18/h5,8-9,11H,6-7,10H2,1-4H3,(H,25,30)/b27-12+. The zero-order valence-electron chi connectivity index (χ0n) is 18.0. The van der Waals surface area contributed by atoms with E-state index < -0.39 is 0 Å². The molecule has 0 unspecified atom stereocenters. The Bertz CT molecular complexity index is 1470. The molecule has 6 rings (SSSR count). The number of carbonyl (C=O) groups is 1. The van der Waals surface area contributed by atoms with Gasteiger partial charge < -0.3 is 14.7 Å². The van der Waals surface area contributed by atoms with Gasteiger partial charge in [0, 0.05) is 54.3 Å². The number of fused-ring (bicyclic) bond motifs is 10. The van der Waals surface area contributed by atoms with E-state index in [2.05, 4.69) is 51.6 Å². The minimum Gasteiger partial charge on any atom is -0.399 e. The summed E-state index contributed by atoms with van der Waals surface area (Å²) in [4.78, 5) is 18.0. The van der Waals surface area contributed by atoms with Gasteiger partial charge in [0.05, 0.1) is 22.5 Å². The van der Waals surface area contributed by atoms with E-state index in [0.717, 1.165) is 63.0 Å². The Hall–Kier alpha value is -3.61. The van der Waals surface area contributed by atoms with Crippen molar-refractivity contribution in [2.24, 2.45) is 19.3 Å². The third-order valence-corrected chi connectivity index (χ3v) is 6.73. The van der Waals surface area contributed by atoms with E-state index in [1.165, 1.54) is 16.5 Å².